The summed E-state index contributed by atoms with van der Waals surface area (Å²) < 4.78 is 0. The van der Waals surface area contributed by atoms with E-state index in [1.807, 2.05) is 0 Å². The molecule has 3 unspecified atom stereocenters. The zero-order chi connectivity index (χ0) is 12.5. The number of hydrogen-bond acceptors (Lipinski definition) is 3. The molecular weight excluding hydrogens is 228 g/mol. The maximum Gasteiger partial charge on any atom is 0.0340 e. The Morgan fingerprint density at radius 1 is 1.24 bits per heavy atom. The minimum absolute atomic E-state index is 0.303. The van der Waals surface area contributed by atoms with Crippen molar-refractivity contribution in [3.8, 4) is 0 Å². The van der Waals surface area contributed by atoms with Crippen LogP contribution >= 0.6 is 11.8 Å². The molecule has 1 aliphatic heterocycles. The summed E-state index contributed by atoms with van der Waals surface area (Å²) in [6.45, 7) is 9.28. The Morgan fingerprint density at radius 3 is 2.41 bits per heavy atom. The summed E-state index contributed by atoms with van der Waals surface area (Å²) in [5.41, 5.74) is 6.51. The van der Waals surface area contributed by atoms with Gasteiger partial charge in [-0.25, -0.2) is 0 Å². The second-order valence-electron chi connectivity index (χ2n) is 6.40. The topological polar surface area (TPSA) is 29.3 Å². The Morgan fingerprint density at radius 2 is 1.88 bits per heavy atom. The summed E-state index contributed by atoms with van der Waals surface area (Å²) in [5, 5.41) is 0. The molecule has 1 saturated carbocycles. The van der Waals surface area contributed by atoms with Crippen molar-refractivity contribution in [2.45, 2.75) is 51.6 Å². The van der Waals surface area contributed by atoms with Crippen LogP contribution in [0.25, 0.3) is 0 Å². The SMILES string of the molecule is CC1CC(C)CC(CN)(N2CCSCC2C)C1. The molecule has 2 rings (SSSR count). The molecular formula is C14H28N2S. The molecule has 1 heterocycles. The Balaban J connectivity index is 2.16. The lowest BCUT2D eigenvalue weighted by molar-refractivity contribution is 0.00167. The first-order chi connectivity index (χ1) is 8.07. The summed E-state index contributed by atoms with van der Waals surface area (Å²) in [4.78, 5) is 2.75. The zero-order valence-corrected chi connectivity index (χ0v) is 12.4. The van der Waals surface area contributed by atoms with Crippen LogP contribution in [0.5, 0.6) is 0 Å². The molecule has 0 aromatic rings. The third-order valence-corrected chi connectivity index (χ3v) is 5.81. The number of thioether (sulfide) groups is 1. The van der Waals surface area contributed by atoms with Crippen LogP contribution in [-0.4, -0.2) is 41.1 Å². The van der Waals surface area contributed by atoms with Crippen molar-refractivity contribution in [2.24, 2.45) is 17.6 Å². The predicted molar refractivity (Wildman–Crippen MR) is 77.5 cm³/mol. The molecule has 100 valence electrons. The second-order valence-corrected chi connectivity index (χ2v) is 7.55. The molecule has 2 aliphatic rings. The molecule has 2 nitrogen and oxygen atoms in total. The molecule has 0 aromatic carbocycles. The number of hydrogen-bond donors (Lipinski definition) is 1. The summed E-state index contributed by atoms with van der Waals surface area (Å²) >= 11 is 2.10. The van der Waals surface area contributed by atoms with Crippen LogP contribution in [0.2, 0.25) is 0 Å². The van der Waals surface area contributed by atoms with Crippen LogP contribution in [0, 0.1) is 11.8 Å². The first kappa shape index (κ1) is 13.7. The van der Waals surface area contributed by atoms with Crippen molar-refractivity contribution in [3.63, 3.8) is 0 Å². The van der Waals surface area contributed by atoms with Crippen LogP contribution in [-0.2, 0) is 0 Å². The van der Waals surface area contributed by atoms with Gasteiger partial charge in [-0.05, 0) is 38.0 Å². The third kappa shape index (κ3) is 2.82. The number of nitrogens with zero attached hydrogens (tertiary/aromatic N) is 1. The van der Waals surface area contributed by atoms with Gasteiger partial charge in [-0.1, -0.05) is 13.8 Å². The highest BCUT2D eigenvalue weighted by Gasteiger charge is 2.43. The largest absolute Gasteiger partial charge is 0.329 e. The maximum atomic E-state index is 6.21. The lowest BCUT2D eigenvalue weighted by Gasteiger charge is -2.53. The van der Waals surface area contributed by atoms with Gasteiger partial charge in [-0.2, -0.15) is 11.8 Å². The predicted octanol–water partition coefficient (Wildman–Crippen LogP) is 2.58. The second kappa shape index (κ2) is 5.50. The number of nitrogens with two attached hydrogens (primary N) is 1. The van der Waals surface area contributed by atoms with Gasteiger partial charge in [0, 0.05) is 36.2 Å². The van der Waals surface area contributed by atoms with E-state index in [1.165, 1.54) is 37.3 Å². The standard InChI is InChI=1S/C14H28N2S/c1-11-6-12(2)8-14(7-11,10-15)16-4-5-17-9-13(16)3/h11-13H,4-10,15H2,1-3H3. The normalized spacial score (nSPS) is 44.8. The van der Waals surface area contributed by atoms with Crippen LogP contribution in [0.4, 0.5) is 0 Å². The molecule has 2 fully saturated rings. The van der Waals surface area contributed by atoms with E-state index in [0.29, 0.717) is 11.6 Å². The van der Waals surface area contributed by atoms with E-state index in [-0.39, 0.29) is 0 Å². The van der Waals surface area contributed by atoms with E-state index in [2.05, 4.69) is 37.4 Å². The monoisotopic (exact) mass is 256 g/mol. The Bertz CT molecular complexity index is 247. The first-order valence-electron chi connectivity index (χ1n) is 7.12. The smallest absolute Gasteiger partial charge is 0.0340 e. The lowest BCUT2D eigenvalue weighted by atomic mass is 9.70. The van der Waals surface area contributed by atoms with E-state index in [9.17, 15) is 0 Å². The fourth-order valence-corrected chi connectivity index (χ4v) is 5.20. The fraction of sp³-hybridized carbons (Fsp3) is 1.00. The molecule has 0 bridgehead atoms. The van der Waals surface area contributed by atoms with E-state index in [1.54, 1.807) is 0 Å². The Kier molecular flexibility index (Phi) is 4.43. The summed E-state index contributed by atoms with van der Waals surface area (Å²) in [6, 6.07) is 0.704. The quantitative estimate of drug-likeness (QED) is 0.823. The third-order valence-electron chi connectivity index (χ3n) is 4.62. The van der Waals surface area contributed by atoms with E-state index >= 15 is 0 Å². The summed E-state index contributed by atoms with van der Waals surface area (Å²) in [5.74, 6) is 4.24. The molecule has 0 aromatic heterocycles. The Labute approximate surface area is 111 Å². The van der Waals surface area contributed by atoms with Crippen LogP contribution in [0.15, 0.2) is 0 Å². The number of rotatable bonds is 2. The molecule has 2 N–H and O–H groups in total. The van der Waals surface area contributed by atoms with Gasteiger partial charge in [0.05, 0.1) is 0 Å². The van der Waals surface area contributed by atoms with Gasteiger partial charge >= 0.3 is 0 Å². The van der Waals surface area contributed by atoms with E-state index < -0.39 is 0 Å². The molecule has 0 spiro atoms. The average molecular weight is 256 g/mol. The van der Waals surface area contributed by atoms with Crippen molar-refractivity contribution in [1.29, 1.82) is 0 Å². The molecule has 0 radical (unpaired) electrons. The highest BCUT2D eigenvalue weighted by atomic mass is 32.2. The van der Waals surface area contributed by atoms with Crippen LogP contribution in [0.3, 0.4) is 0 Å². The average Bonchev–Trinajstić information content (AvgIpc) is 2.28. The highest BCUT2D eigenvalue weighted by molar-refractivity contribution is 7.99. The molecule has 17 heavy (non-hydrogen) atoms. The minimum Gasteiger partial charge on any atom is -0.329 e. The minimum atomic E-state index is 0.303. The molecule has 1 aliphatic carbocycles. The first-order valence-corrected chi connectivity index (χ1v) is 8.27. The van der Waals surface area contributed by atoms with Gasteiger partial charge in [-0.3, -0.25) is 4.90 Å². The lowest BCUT2D eigenvalue weighted by Crippen LogP contribution is -2.62. The summed E-state index contributed by atoms with van der Waals surface area (Å²) in [6.07, 6.45) is 4.00. The van der Waals surface area contributed by atoms with Crippen molar-refractivity contribution < 1.29 is 0 Å². The van der Waals surface area contributed by atoms with Crippen molar-refractivity contribution in [1.82, 2.24) is 4.90 Å². The van der Waals surface area contributed by atoms with Crippen molar-refractivity contribution in [3.05, 3.63) is 0 Å². The van der Waals surface area contributed by atoms with Crippen molar-refractivity contribution in [2.75, 3.05) is 24.6 Å². The van der Waals surface area contributed by atoms with Gasteiger partial charge < -0.3 is 5.73 Å². The maximum absolute atomic E-state index is 6.21. The Hall–Kier alpha value is 0.270. The zero-order valence-electron chi connectivity index (χ0n) is 11.6. The van der Waals surface area contributed by atoms with Crippen molar-refractivity contribution >= 4 is 11.8 Å². The van der Waals surface area contributed by atoms with Gasteiger partial charge in [0.15, 0.2) is 0 Å². The van der Waals surface area contributed by atoms with E-state index in [4.69, 9.17) is 5.73 Å². The van der Waals surface area contributed by atoms with E-state index in [0.717, 1.165) is 18.4 Å². The van der Waals surface area contributed by atoms with Gasteiger partial charge in [0.2, 0.25) is 0 Å². The van der Waals surface area contributed by atoms with Gasteiger partial charge in [0.1, 0.15) is 0 Å². The van der Waals surface area contributed by atoms with Crippen LogP contribution < -0.4 is 5.73 Å². The molecule has 0 amide bonds. The fourth-order valence-electron chi connectivity index (χ4n) is 4.18. The molecule has 3 atom stereocenters. The van der Waals surface area contributed by atoms with Gasteiger partial charge in [0.25, 0.3) is 0 Å². The highest BCUT2D eigenvalue weighted by Crippen LogP contribution is 2.41. The molecule has 3 heteroatoms. The van der Waals surface area contributed by atoms with Gasteiger partial charge in [-0.15, -0.1) is 0 Å². The molecule has 1 saturated heterocycles. The summed E-state index contributed by atoms with van der Waals surface area (Å²) in [7, 11) is 0. The van der Waals surface area contributed by atoms with Crippen LogP contribution in [0.1, 0.15) is 40.0 Å².